The number of hydrogen-bond acceptors (Lipinski definition) is 3. The van der Waals surface area contributed by atoms with Crippen molar-refractivity contribution in [2.24, 2.45) is 22.7 Å². The summed E-state index contributed by atoms with van der Waals surface area (Å²) in [5.74, 6) is 0.352. The monoisotopic (exact) mass is 305 g/mol. The first-order chi connectivity index (χ1) is 10.1. The highest BCUT2D eigenvalue weighted by atomic mass is 16.3. The molecule has 1 aromatic heterocycles. The molecule has 1 saturated carbocycles. The lowest BCUT2D eigenvalue weighted by molar-refractivity contribution is -0.133. The zero-order valence-electron chi connectivity index (χ0n) is 14.2. The highest BCUT2D eigenvalue weighted by Crippen LogP contribution is 2.68. The van der Waals surface area contributed by atoms with Gasteiger partial charge in [0, 0.05) is 30.6 Å². The van der Waals surface area contributed by atoms with Crippen molar-refractivity contribution in [3.05, 3.63) is 17.5 Å². The van der Waals surface area contributed by atoms with E-state index in [1.165, 1.54) is 0 Å². The van der Waals surface area contributed by atoms with E-state index in [0.29, 0.717) is 19.5 Å². The predicted molar refractivity (Wildman–Crippen MR) is 84.2 cm³/mol. The molecule has 2 atom stereocenters. The molecule has 2 aliphatic rings. The Hall–Kier alpha value is -1.36. The Kier molecular flexibility index (Phi) is 3.40. The largest absolute Gasteiger partial charge is 0.391 e. The number of likely N-dealkylation sites (tertiary alicyclic amines) is 1. The summed E-state index contributed by atoms with van der Waals surface area (Å²) in [4.78, 5) is 14.6. The topological polar surface area (TPSA) is 69.2 Å². The Morgan fingerprint density at radius 3 is 2.50 bits per heavy atom. The van der Waals surface area contributed by atoms with Gasteiger partial charge in [-0.3, -0.25) is 9.89 Å². The lowest BCUT2D eigenvalue weighted by Crippen LogP contribution is -2.32. The zero-order valence-corrected chi connectivity index (χ0v) is 14.2. The number of aliphatic hydroxyl groups is 1. The van der Waals surface area contributed by atoms with Gasteiger partial charge in [-0.15, -0.1) is 0 Å². The van der Waals surface area contributed by atoms with E-state index in [9.17, 15) is 9.90 Å². The van der Waals surface area contributed by atoms with Crippen LogP contribution in [0.3, 0.4) is 0 Å². The molecule has 5 heteroatoms. The molecule has 1 aliphatic carbocycles. The Labute approximate surface area is 132 Å². The molecule has 0 radical (unpaired) electrons. The van der Waals surface area contributed by atoms with Crippen LogP contribution in [0.4, 0.5) is 0 Å². The maximum absolute atomic E-state index is 12.8. The molecular weight excluding hydrogens is 278 g/mol. The third-order valence-electron chi connectivity index (χ3n) is 6.22. The van der Waals surface area contributed by atoms with Gasteiger partial charge >= 0.3 is 0 Å². The zero-order chi connectivity index (χ0) is 16.3. The first-order valence-corrected chi connectivity index (χ1v) is 8.12. The molecule has 0 bridgehead atoms. The molecule has 0 unspecified atom stereocenters. The molecular formula is C17H27N3O2. The maximum Gasteiger partial charge on any atom is 0.226 e. The molecule has 5 nitrogen and oxygen atoms in total. The molecule has 1 amide bonds. The second-order valence-electron chi connectivity index (χ2n) is 8.19. The van der Waals surface area contributed by atoms with Crippen LogP contribution in [0.1, 0.15) is 39.1 Å². The van der Waals surface area contributed by atoms with Crippen molar-refractivity contribution >= 4 is 5.91 Å². The number of aromatic amines is 1. The smallest absolute Gasteiger partial charge is 0.226 e. The maximum atomic E-state index is 12.8. The Bertz CT molecular complexity index is 576. The summed E-state index contributed by atoms with van der Waals surface area (Å²) in [5, 5.41) is 17.5. The minimum atomic E-state index is -0.453. The Morgan fingerprint density at radius 2 is 2.00 bits per heavy atom. The van der Waals surface area contributed by atoms with E-state index in [0.717, 1.165) is 11.4 Å². The summed E-state index contributed by atoms with van der Waals surface area (Å²) in [6.45, 7) is 11.7. The third kappa shape index (κ3) is 2.26. The number of nitrogens with zero attached hydrogens (tertiary/aromatic N) is 2. The molecule has 3 rings (SSSR count). The van der Waals surface area contributed by atoms with Crippen LogP contribution in [0.2, 0.25) is 0 Å². The molecule has 2 heterocycles. The number of carbonyl (C=O) groups is 1. The quantitative estimate of drug-likeness (QED) is 0.894. The fraction of sp³-hybridized carbons (Fsp3) is 0.765. The second kappa shape index (κ2) is 4.82. The molecule has 122 valence electrons. The van der Waals surface area contributed by atoms with Gasteiger partial charge in [0.05, 0.1) is 11.8 Å². The van der Waals surface area contributed by atoms with Crippen LogP contribution >= 0.6 is 0 Å². The van der Waals surface area contributed by atoms with Gasteiger partial charge in [-0.1, -0.05) is 27.7 Å². The standard InChI is InChI=1S/C17H27N3O2/c1-10-6-12(19-18-10)7-11-8-20(9-13(11)21)15(22)14-16(2,3)17(14,4)5/h6,11,13-14,21H,7-9H2,1-5H3,(H,18,19)/t11-,13+/m1/s1. The van der Waals surface area contributed by atoms with Gasteiger partial charge < -0.3 is 10.0 Å². The lowest BCUT2D eigenvalue weighted by Gasteiger charge is -2.17. The second-order valence-corrected chi connectivity index (χ2v) is 8.19. The summed E-state index contributed by atoms with van der Waals surface area (Å²) >= 11 is 0. The van der Waals surface area contributed by atoms with E-state index in [4.69, 9.17) is 0 Å². The molecule has 2 N–H and O–H groups in total. The van der Waals surface area contributed by atoms with Crippen molar-refractivity contribution in [1.29, 1.82) is 0 Å². The van der Waals surface area contributed by atoms with Crippen LogP contribution in [0, 0.1) is 29.6 Å². The molecule has 0 spiro atoms. The summed E-state index contributed by atoms with van der Waals surface area (Å²) in [6, 6.07) is 2.00. The Balaban J connectivity index is 1.65. The van der Waals surface area contributed by atoms with Gasteiger partial charge in [0.2, 0.25) is 5.91 Å². The third-order valence-corrected chi connectivity index (χ3v) is 6.22. The SMILES string of the molecule is Cc1cc(C[C@@H]2CN(C(=O)C3C(C)(C)C3(C)C)C[C@@H]2O)n[nH]1. The minimum absolute atomic E-state index is 0.0480. The molecule has 1 aliphatic heterocycles. The number of amides is 1. The van der Waals surface area contributed by atoms with Crippen molar-refractivity contribution in [3.63, 3.8) is 0 Å². The van der Waals surface area contributed by atoms with Crippen molar-refractivity contribution < 1.29 is 9.90 Å². The predicted octanol–water partition coefficient (Wildman–Crippen LogP) is 1.76. The average Bonchev–Trinajstić information content (AvgIpc) is 2.81. The average molecular weight is 305 g/mol. The van der Waals surface area contributed by atoms with Crippen molar-refractivity contribution in [2.45, 2.75) is 47.1 Å². The molecule has 0 aromatic carbocycles. The summed E-state index contributed by atoms with van der Waals surface area (Å²) < 4.78 is 0. The number of aliphatic hydroxyl groups excluding tert-OH is 1. The number of H-pyrrole nitrogens is 1. The molecule has 2 fully saturated rings. The Morgan fingerprint density at radius 1 is 1.36 bits per heavy atom. The van der Waals surface area contributed by atoms with Gasteiger partial charge in [-0.25, -0.2) is 0 Å². The fourth-order valence-corrected chi connectivity index (χ4v) is 4.08. The number of hydrogen-bond donors (Lipinski definition) is 2. The number of nitrogens with one attached hydrogen (secondary N) is 1. The van der Waals surface area contributed by atoms with E-state index in [1.54, 1.807) is 0 Å². The van der Waals surface area contributed by atoms with E-state index >= 15 is 0 Å². The van der Waals surface area contributed by atoms with E-state index < -0.39 is 6.10 Å². The van der Waals surface area contributed by atoms with Crippen LogP contribution < -0.4 is 0 Å². The number of aromatic nitrogens is 2. The lowest BCUT2D eigenvalue weighted by atomic mass is 10.00. The van der Waals surface area contributed by atoms with Crippen LogP contribution in [0.5, 0.6) is 0 Å². The molecule has 22 heavy (non-hydrogen) atoms. The first-order valence-electron chi connectivity index (χ1n) is 8.12. The van der Waals surface area contributed by atoms with Gasteiger partial charge in [0.15, 0.2) is 0 Å². The highest BCUT2D eigenvalue weighted by Gasteiger charge is 2.69. The van der Waals surface area contributed by atoms with Gasteiger partial charge in [-0.05, 0) is 30.2 Å². The summed E-state index contributed by atoms with van der Waals surface area (Å²) in [5.41, 5.74) is 2.08. The van der Waals surface area contributed by atoms with Gasteiger partial charge in [0.1, 0.15) is 0 Å². The summed E-state index contributed by atoms with van der Waals surface area (Å²) in [6.07, 6.45) is 0.262. The first kappa shape index (κ1) is 15.5. The van der Waals surface area contributed by atoms with E-state index in [1.807, 2.05) is 17.9 Å². The van der Waals surface area contributed by atoms with E-state index in [-0.39, 0.29) is 28.6 Å². The van der Waals surface area contributed by atoms with Crippen molar-refractivity contribution in [1.82, 2.24) is 15.1 Å². The van der Waals surface area contributed by atoms with Crippen LogP contribution in [-0.2, 0) is 11.2 Å². The number of aryl methyl sites for hydroxylation is 1. The molecule has 1 aromatic rings. The molecule has 1 saturated heterocycles. The highest BCUT2D eigenvalue weighted by molar-refractivity contribution is 5.84. The number of carbonyl (C=O) groups excluding carboxylic acids is 1. The summed E-state index contributed by atoms with van der Waals surface area (Å²) in [7, 11) is 0. The van der Waals surface area contributed by atoms with Gasteiger partial charge in [0.25, 0.3) is 0 Å². The van der Waals surface area contributed by atoms with E-state index in [2.05, 4.69) is 37.9 Å². The number of rotatable bonds is 3. The number of β-amino-alcohol motifs (C(OH)–C–C–N with tert-alkyl or cyclic N) is 1. The van der Waals surface area contributed by atoms with Crippen LogP contribution in [0.15, 0.2) is 6.07 Å². The van der Waals surface area contributed by atoms with Crippen molar-refractivity contribution in [3.8, 4) is 0 Å². The van der Waals surface area contributed by atoms with Gasteiger partial charge in [-0.2, -0.15) is 5.10 Å². The van der Waals surface area contributed by atoms with Crippen LogP contribution in [-0.4, -0.2) is 45.3 Å². The van der Waals surface area contributed by atoms with Crippen molar-refractivity contribution in [2.75, 3.05) is 13.1 Å². The minimum Gasteiger partial charge on any atom is -0.391 e. The van der Waals surface area contributed by atoms with Crippen LogP contribution in [0.25, 0.3) is 0 Å². The normalized spacial score (nSPS) is 29.8. The fourth-order valence-electron chi connectivity index (χ4n) is 4.08.